The van der Waals surface area contributed by atoms with Gasteiger partial charge in [-0.2, -0.15) is 0 Å². The number of nitrogens with one attached hydrogen (secondary N) is 2. The molecule has 0 atom stereocenters. The van der Waals surface area contributed by atoms with Gasteiger partial charge in [0, 0.05) is 18.7 Å². The van der Waals surface area contributed by atoms with Gasteiger partial charge >= 0.3 is 0 Å². The van der Waals surface area contributed by atoms with Gasteiger partial charge in [0.1, 0.15) is 39.3 Å². The largest absolute Gasteiger partial charge is 0.507 e. The molecule has 2 aromatic carbocycles. The SMILES string of the molecule is CNCCNC(=O)c1ccc(O)c2nc3c(C=O)c(O)c(C)c(O)c3nc12. The van der Waals surface area contributed by atoms with Crippen molar-refractivity contribution in [3.8, 4) is 17.2 Å². The van der Waals surface area contributed by atoms with E-state index < -0.39 is 11.7 Å². The molecule has 140 valence electrons. The highest BCUT2D eigenvalue weighted by Crippen LogP contribution is 2.38. The second kappa shape index (κ2) is 7.04. The molecule has 0 aliphatic carbocycles. The summed E-state index contributed by atoms with van der Waals surface area (Å²) in [4.78, 5) is 32.3. The molecule has 1 amide bonds. The number of carbonyl (C=O) groups is 2. The molecule has 3 rings (SSSR count). The Morgan fingerprint density at radius 3 is 2.41 bits per heavy atom. The Bertz CT molecular complexity index is 1080. The first-order chi connectivity index (χ1) is 12.9. The highest BCUT2D eigenvalue weighted by molar-refractivity contribution is 6.09. The first kappa shape index (κ1) is 18.3. The van der Waals surface area contributed by atoms with Crippen LogP contribution in [0.5, 0.6) is 17.2 Å². The fourth-order valence-corrected chi connectivity index (χ4v) is 2.77. The highest BCUT2D eigenvalue weighted by atomic mass is 16.3. The Morgan fingerprint density at radius 1 is 1.04 bits per heavy atom. The molecular formula is C18H18N4O5. The van der Waals surface area contributed by atoms with Crippen molar-refractivity contribution in [2.24, 2.45) is 0 Å². The first-order valence-electron chi connectivity index (χ1n) is 8.16. The van der Waals surface area contributed by atoms with Crippen molar-refractivity contribution in [3.63, 3.8) is 0 Å². The fourth-order valence-electron chi connectivity index (χ4n) is 2.77. The van der Waals surface area contributed by atoms with Crippen molar-refractivity contribution >= 4 is 34.3 Å². The van der Waals surface area contributed by atoms with E-state index in [-0.39, 0.29) is 50.3 Å². The van der Waals surface area contributed by atoms with Crippen LogP contribution in [-0.2, 0) is 0 Å². The molecule has 0 saturated heterocycles. The molecule has 1 aromatic heterocycles. The van der Waals surface area contributed by atoms with Gasteiger partial charge < -0.3 is 26.0 Å². The Hall–Kier alpha value is -3.46. The molecule has 9 nitrogen and oxygen atoms in total. The van der Waals surface area contributed by atoms with Crippen molar-refractivity contribution in [3.05, 3.63) is 28.8 Å². The number of aldehydes is 1. The van der Waals surface area contributed by atoms with Gasteiger partial charge in [-0.3, -0.25) is 9.59 Å². The molecule has 3 aromatic rings. The van der Waals surface area contributed by atoms with Crippen LogP contribution in [0.2, 0.25) is 0 Å². The Labute approximate surface area is 153 Å². The first-order valence-corrected chi connectivity index (χ1v) is 8.16. The summed E-state index contributed by atoms with van der Waals surface area (Å²) in [5.74, 6) is -1.44. The Balaban J connectivity index is 2.32. The number of benzene rings is 2. The van der Waals surface area contributed by atoms with E-state index in [0.29, 0.717) is 19.4 Å². The zero-order valence-corrected chi connectivity index (χ0v) is 14.7. The number of amides is 1. The van der Waals surface area contributed by atoms with E-state index in [2.05, 4.69) is 20.6 Å². The van der Waals surface area contributed by atoms with Crippen molar-refractivity contribution in [2.75, 3.05) is 20.1 Å². The van der Waals surface area contributed by atoms with E-state index in [1.807, 2.05) is 0 Å². The van der Waals surface area contributed by atoms with Gasteiger partial charge in [-0.25, -0.2) is 9.97 Å². The number of aromatic nitrogens is 2. The summed E-state index contributed by atoms with van der Waals surface area (Å²) in [6.07, 6.45) is 0.399. The standard InChI is InChI=1S/C18H18N4O5/c1-8-16(25)10(7-23)13-15(17(8)26)22-12-9(18(27)20-6-5-19-2)3-4-11(24)14(12)21-13/h3-4,7,19,24-26H,5-6H2,1-2H3,(H,20,27). The van der Waals surface area contributed by atoms with Crippen molar-refractivity contribution in [1.29, 1.82) is 0 Å². The number of hydrogen-bond acceptors (Lipinski definition) is 8. The summed E-state index contributed by atoms with van der Waals surface area (Å²) < 4.78 is 0. The summed E-state index contributed by atoms with van der Waals surface area (Å²) in [5.41, 5.74) is 0.00890. The quantitative estimate of drug-likeness (QED) is 0.254. The zero-order chi connectivity index (χ0) is 19.7. The number of phenols is 3. The number of likely N-dealkylation sites (N-methyl/N-ethyl adjacent to an activating group) is 1. The van der Waals surface area contributed by atoms with Crippen LogP contribution >= 0.6 is 0 Å². The highest BCUT2D eigenvalue weighted by Gasteiger charge is 2.22. The fraction of sp³-hybridized carbons (Fsp3) is 0.222. The zero-order valence-electron chi connectivity index (χ0n) is 14.7. The Morgan fingerprint density at radius 2 is 1.74 bits per heavy atom. The maximum Gasteiger partial charge on any atom is 0.253 e. The smallest absolute Gasteiger partial charge is 0.253 e. The van der Waals surface area contributed by atoms with E-state index >= 15 is 0 Å². The number of fused-ring (bicyclic) bond motifs is 2. The van der Waals surface area contributed by atoms with Gasteiger partial charge in [-0.05, 0) is 26.1 Å². The molecule has 0 aliphatic heterocycles. The molecule has 1 heterocycles. The van der Waals surface area contributed by atoms with Crippen molar-refractivity contribution < 1.29 is 24.9 Å². The van der Waals surface area contributed by atoms with E-state index in [4.69, 9.17) is 0 Å². The predicted molar refractivity (Wildman–Crippen MR) is 98.4 cm³/mol. The van der Waals surface area contributed by atoms with Crippen LogP contribution in [0, 0.1) is 6.92 Å². The summed E-state index contributed by atoms with van der Waals surface area (Å²) in [6.45, 7) is 2.38. The van der Waals surface area contributed by atoms with Gasteiger partial charge in [0.2, 0.25) is 0 Å². The Kier molecular flexibility index (Phi) is 4.78. The third-order valence-electron chi connectivity index (χ3n) is 4.27. The number of rotatable bonds is 5. The molecule has 0 aliphatic rings. The summed E-state index contributed by atoms with van der Waals surface area (Å²) in [6, 6.07) is 2.70. The molecule has 0 fully saturated rings. The maximum absolute atomic E-state index is 12.5. The number of nitrogens with zero attached hydrogens (tertiary/aromatic N) is 2. The molecule has 0 unspecified atom stereocenters. The predicted octanol–water partition coefficient (Wildman–Crippen LogP) is 0.970. The van der Waals surface area contributed by atoms with Gasteiger partial charge in [0.15, 0.2) is 6.29 Å². The van der Waals surface area contributed by atoms with Crippen LogP contribution in [0.25, 0.3) is 22.1 Å². The second-order valence-electron chi connectivity index (χ2n) is 5.96. The average molecular weight is 370 g/mol. The van der Waals surface area contributed by atoms with Crippen LogP contribution < -0.4 is 10.6 Å². The summed E-state index contributed by atoms with van der Waals surface area (Å²) >= 11 is 0. The molecule has 0 saturated carbocycles. The second-order valence-corrected chi connectivity index (χ2v) is 5.96. The van der Waals surface area contributed by atoms with Crippen LogP contribution in [0.3, 0.4) is 0 Å². The topological polar surface area (TPSA) is 145 Å². The monoisotopic (exact) mass is 370 g/mol. The van der Waals surface area contributed by atoms with Crippen LogP contribution in [0.1, 0.15) is 26.3 Å². The molecule has 5 N–H and O–H groups in total. The molecular weight excluding hydrogens is 352 g/mol. The average Bonchev–Trinajstić information content (AvgIpc) is 2.66. The number of aromatic hydroxyl groups is 3. The van der Waals surface area contributed by atoms with E-state index in [1.54, 1.807) is 7.05 Å². The lowest BCUT2D eigenvalue weighted by Crippen LogP contribution is -2.30. The van der Waals surface area contributed by atoms with Crippen molar-refractivity contribution in [2.45, 2.75) is 6.92 Å². The molecule has 0 spiro atoms. The van der Waals surface area contributed by atoms with Gasteiger partial charge in [-0.15, -0.1) is 0 Å². The van der Waals surface area contributed by atoms with Crippen LogP contribution in [0.4, 0.5) is 0 Å². The van der Waals surface area contributed by atoms with Gasteiger partial charge in [0.05, 0.1) is 11.1 Å². The molecule has 27 heavy (non-hydrogen) atoms. The van der Waals surface area contributed by atoms with Crippen LogP contribution in [-0.4, -0.2) is 57.6 Å². The lowest BCUT2D eigenvalue weighted by Gasteiger charge is -2.12. The molecule has 9 heteroatoms. The van der Waals surface area contributed by atoms with E-state index in [0.717, 1.165) is 0 Å². The molecule has 0 radical (unpaired) electrons. The van der Waals surface area contributed by atoms with E-state index in [1.165, 1.54) is 19.1 Å². The van der Waals surface area contributed by atoms with Crippen LogP contribution in [0.15, 0.2) is 12.1 Å². The van der Waals surface area contributed by atoms with Gasteiger partial charge in [-0.1, -0.05) is 0 Å². The third kappa shape index (κ3) is 2.97. The lowest BCUT2D eigenvalue weighted by molar-refractivity contribution is 0.0955. The lowest BCUT2D eigenvalue weighted by atomic mass is 10.0. The number of carbonyl (C=O) groups excluding carboxylic acids is 2. The summed E-state index contributed by atoms with van der Waals surface area (Å²) in [7, 11) is 1.75. The number of phenolic OH excluding ortho intramolecular Hbond substituents is 3. The summed E-state index contributed by atoms with van der Waals surface area (Å²) in [5, 5.41) is 36.2. The molecule has 0 bridgehead atoms. The minimum Gasteiger partial charge on any atom is -0.507 e. The minimum atomic E-state index is -0.422. The normalized spacial score (nSPS) is 11.0. The minimum absolute atomic E-state index is 0.0190. The van der Waals surface area contributed by atoms with Crippen molar-refractivity contribution in [1.82, 2.24) is 20.6 Å². The maximum atomic E-state index is 12.5. The number of hydrogen-bond donors (Lipinski definition) is 5. The van der Waals surface area contributed by atoms with Gasteiger partial charge in [0.25, 0.3) is 5.91 Å². The third-order valence-corrected chi connectivity index (χ3v) is 4.27. The van der Waals surface area contributed by atoms with E-state index in [9.17, 15) is 24.9 Å².